The van der Waals surface area contributed by atoms with Crippen molar-refractivity contribution in [2.45, 2.75) is 0 Å². The molecule has 6 heavy (non-hydrogen) atoms. The van der Waals surface area contributed by atoms with E-state index in [2.05, 4.69) is 42.0 Å². The first-order valence-electron chi connectivity index (χ1n) is 0.967. The zero-order chi connectivity index (χ0) is 4.99. The van der Waals surface area contributed by atoms with Crippen LogP contribution in [0.4, 0.5) is 0 Å². The molecule has 0 aliphatic rings. The summed E-state index contributed by atoms with van der Waals surface area (Å²) in [7, 11) is 0. The second-order valence-corrected chi connectivity index (χ2v) is 2.98. The zero-order valence-corrected chi connectivity index (χ0v) is 5.73. The molecule has 0 aromatic rings. The van der Waals surface area contributed by atoms with Crippen LogP contribution in [0.3, 0.4) is 0 Å². The zero-order valence-electron chi connectivity index (χ0n) is 2.56. The fourth-order valence-corrected chi connectivity index (χ4v) is 0.160. The van der Waals surface area contributed by atoms with Gasteiger partial charge < -0.3 is 0 Å². The third kappa shape index (κ3) is 4.39. The van der Waals surface area contributed by atoms with Crippen LogP contribution in [0.15, 0.2) is 5.16 Å². The second-order valence-electron chi connectivity index (χ2n) is 0.413. The molecule has 0 fully saturated rings. The maximum absolute atomic E-state index is 7.49. The monoisotopic (exact) mass is 217 g/mol. The van der Waals surface area contributed by atoms with E-state index in [0.717, 1.165) is 0 Å². The maximum atomic E-state index is 7.49. The topological polar surface area (TPSA) is 41.8 Å². The highest BCUT2D eigenvalue weighted by Gasteiger charge is 1.77. The summed E-state index contributed by atoms with van der Waals surface area (Å²) in [5.74, 6) is 0. The van der Waals surface area contributed by atoms with Crippen LogP contribution in [0.2, 0.25) is 0 Å². The molecule has 0 saturated carbocycles. The van der Waals surface area contributed by atoms with Crippen molar-refractivity contribution >= 4 is 35.4 Å². The van der Waals surface area contributed by atoms with Gasteiger partial charge in [-0.2, -0.15) is 5.26 Å². The lowest BCUT2D eigenvalue weighted by Gasteiger charge is -1.76. The predicted octanol–water partition coefficient (Wildman–Crippen LogP) is 1.54. The van der Waals surface area contributed by atoms with Gasteiger partial charge in [0, 0.05) is 0 Å². The van der Waals surface area contributed by atoms with Crippen LogP contribution in [0.25, 0.3) is 0 Å². The van der Waals surface area contributed by atoms with E-state index in [9.17, 15) is 0 Å². The van der Waals surface area contributed by atoms with Crippen molar-refractivity contribution in [1.29, 1.82) is 0 Å². The van der Waals surface area contributed by atoms with E-state index < -0.39 is 0 Å². The Morgan fingerprint density at radius 2 is 2.17 bits per heavy atom. The molecule has 3 nitrogen and oxygen atoms in total. The fraction of sp³-hybridized carbons (Fsp3) is 0. The Hall–Kier alpha value is 0.390. The van der Waals surface area contributed by atoms with E-state index in [1.54, 1.807) is 0 Å². The van der Waals surface area contributed by atoms with Gasteiger partial charge in [0.1, 0.15) is 0 Å². The predicted molar refractivity (Wildman–Crippen MR) is 29.0 cm³/mol. The number of hydrogen-bond acceptors (Lipinski definition) is 3. The van der Waals surface area contributed by atoms with Gasteiger partial charge in [-0.05, 0) is 37.0 Å². The summed E-state index contributed by atoms with van der Waals surface area (Å²) in [4.78, 5) is 3.30. The number of halogens is 2. The quantitative estimate of drug-likeness (QED) is 0.412. The summed E-state index contributed by atoms with van der Waals surface area (Å²) in [6.45, 7) is 0. The molecule has 0 rings (SSSR count). The SMILES string of the molecule is OON=C(Br)Br. The van der Waals surface area contributed by atoms with Gasteiger partial charge in [-0.25, -0.2) is 4.99 Å². The molecule has 0 aliphatic heterocycles. The molecule has 0 radical (unpaired) electrons. The first-order valence-corrected chi connectivity index (χ1v) is 2.55. The van der Waals surface area contributed by atoms with Crippen LogP contribution in [0.1, 0.15) is 0 Å². The summed E-state index contributed by atoms with van der Waals surface area (Å²) in [5.41, 5.74) is 0. The summed E-state index contributed by atoms with van der Waals surface area (Å²) in [6, 6.07) is 0. The normalized spacial score (nSPS) is 7.17. The van der Waals surface area contributed by atoms with Crippen molar-refractivity contribution < 1.29 is 10.2 Å². The summed E-state index contributed by atoms with van der Waals surface area (Å²) < 4.78 is 0.317. The average Bonchev–Trinajstić information content (AvgIpc) is 1.35. The van der Waals surface area contributed by atoms with E-state index in [4.69, 9.17) is 5.26 Å². The number of nitrogens with zero attached hydrogens (tertiary/aromatic N) is 1. The van der Waals surface area contributed by atoms with E-state index in [1.165, 1.54) is 0 Å². The molecule has 0 aromatic carbocycles. The van der Waals surface area contributed by atoms with Crippen LogP contribution < -0.4 is 0 Å². The van der Waals surface area contributed by atoms with Crippen molar-refractivity contribution in [1.82, 2.24) is 0 Å². The first kappa shape index (κ1) is 6.39. The highest BCUT2D eigenvalue weighted by atomic mass is 79.9. The van der Waals surface area contributed by atoms with Crippen molar-refractivity contribution in [3.63, 3.8) is 0 Å². The third-order valence-electron chi connectivity index (χ3n) is 0.110. The minimum Gasteiger partial charge on any atom is -0.222 e. The Labute approximate surface area is 51.2 Å². The molecule has 0 saturated heterocycles. The third-order valence-corrected chi connectivity index (χ3v) is 0.399. The smallest absolute Gasteiger partial charge is 0.191 e. The van der Waals surface area contributed by atoms with Crippen molar-refractivity contribution in [2.75, 3.05) is 0 Å². The van der Waals surface area contributed by atoms with Gasteiger partial charge in [-0.1, -0.05) is 0 Å². The lowest BCUT2D eigenvalue weighted by molar-refractivity contribution is -0.242. The maximum Gasteiger partial charge on any atom is 0.191 e. The van der Waals surface area contributed by atoms with Crippen LogP contribution >= 0.6 is 31.9 Å². The summed E-state index contributed by atoms with van der Waals surface area (Å²) in [6.07, 6.45) is 0. The largest absolute Gasteiger partial charge is 0.222 e. The Morgan fingerprint density at radius 1 is 1.67 bits per heavy atom. The van der Waals surface area contributed by atoms with Gasteiger partial charge in [-0.15, -0.1) is 0 Å². The average molecular weight is 219 g/mol. The van der Waals surface area contributed by atoms with Gasteiger partial charge >= 0.3 is 0 Å². The molecule has 36 valence electrons. The summed E-state index contributed by atoms with van der Waals surface area (Å²) in [5, 5.41) is 10.4. The van der Waals surface area contributed by atoms with Crippen LogP contribution in [0, 0.1) is 0 Å². The molecular weight excluding hydrogens is 218 g/mol. The van der Waals surface area contributed by atoms with E-state index in [1.807, 2.05) is 0 Å². The Morgan fingerprint density at radius 3 is 2.17 bits per heavy atom. The van der Waals surface area contributed by atoms with E-state index >= 15 is 0 Å². The second kappa shape index (κ2) is 3.58. The Bertz CT molecular complexity index is 58.6. The molecule has 0 atom stereocenters. The number of oxime groups is 1. The molecule has 0 aliphatic carbocycles. The van der Waals surface area contributed by atoms with Crippen molar-refractivity contribution in [3.05, 3.63) is 0 Å². The van der Waals surface area contributed by atoms with Crippen LogP contribution in [-0.2, 0) is 4.99 Å². The van der Waals surface area contributed by atoms with Gasteiger partial charge in [0.2, 0.25) is 0 Å². The van der Waals surface area contributed by atoms with Crippen LogP contribution in [0.5, 0.6) is 0 Å². The molecule has 1 N–H and O–H groups in total. The Kier molecular flexibility index (Phi) is 3.81. The molecule has 0 aromatic heterocycles. The minimum absolute atomic E-state index is 0.317. The lowest BCUT2D eigenvalue weighted by Crippen LogP contribution is -1.70. The molecule has 0 bridgehead atoms. The van der Waals surface area contributed by atoms with E-state index in [0.29, 0.717) is 3.53 Å². The molecule has 0 unspecified atom stereocenters. The van der Waals surface area contributed by atoms with Crippen molar-refractivity contribution in [2.24, 2.45) is 5.16 Å². The molecule has 5 heteroatoms. The Balaban J connectivity index is 3.14. The van der Waals surface area contributed by atoms with E-state index in [-0.39, 0.29) is 0 Å². The summed E-state index contributed by atoms with van der Waals surface area (Å²) >= 11 is 5.63. The molecule has 0 spiro atoms. The fourth-order valence-electron chi connectivity index (χ4n) is 0.0309. The number of hydrogen-bond donors (Lipinski definition) is 1. The van der Waals surface area contributed by atoms with Crippen LogP contribution in [-0.4, -0.2) is 8.79 Å². The lowest BCUT2D eigenvalue weighted by atomic mass is 11.7. The number of rotatable bonds is 1. The van der Waals surface area contributed by atoms with Gasteiger partial charge in [0.15, 0.2) is 3.53 Å². The highest BCUT2D eigenvalue weighted by molar-refractivity contribution is 9.39. The van der Waals surface area contributed by atoms with Gasteiger partial charge in [-0.3, -0.25) is 0 Å². The molecular formula is CHBr2NO2. The van der Waals surface area contributed by atoms with Gasteiger partial charge in [0.05, 0.1) is 0 Å². The molecule has 0 amide bonds. The molecule has 0 heterocycles. The standard InChI is InChI=1S/CHBr2NO2/c2-1(3)4-6-5/h5H. The van der Waals surface area contributed by atoms with Crippen molar-refractivity contribution in [3.8, 4) is 0 Å². The van der Waals surface area contributed by atoms with Gasteiger partial charge in [0.25, 0.3) is 0 Å². The highest BCUT2D eigenvalue weighted by Crippen LogP contribution is 1.96. The first-order chi connectivity index (χ1) is 2.77. The minimum atomic E-state index is 0.317.